The molecule has 0 bridgehead atoms. The van der Waals surface area contributed by atoms with Crippen LogP contribution < -0.4 is 10.1 Å². The van der Waals surface area contributed by atoms with Crippen molar-refractivity contribution >= 4 is 23.5 Å². The lowest BCUT2D eigenvalue weighted by Gasteiger charge is -2.15. The largest absolute Gasteiger partial charge is 0.492 e. The highest BCUT2D eigenvalue weighted by Crippen LogP contribution is 2.30. The fourth-order valence-corrected chi connectivity index (χ4v) is 2.60. The molecule has 1 N–H and O–H groups in total. The third-order valence-electron chi connectivity index (χ3n) is 3.31. The van der Waals surface area contributed by atoms with Crippen LogP contribution in [0.5, 0.6) is 5.75 Å². The Morgan fingerprint density at radius 3 is 2.57 bits per heavy atom. The van der Waals surface area contributed by atoms with Gasteiger partial charge < -0.3 is 15.0 Å². The van der Waals surface area contributed by atoms with Crippen LogP contribution in [0.3, 0.4) is 0 Å². The van der Waals surface area contributed by atoms with Gasteiger partial charge in [-0.25, -0.2) is 4.79 Å². The number of nitrogens with zero attached hydrogens (tertiary/aromatic N) is 1. The molecule has 0 aromatic heterocycles. The highest BCUT2D eigenvalue weighted by atomic mass is 32.2. The van der Waals surface area contributed by atoms with Crippen molar-refractivity contribution in [2.75, 3.05) is 32.3 Å². The van der Waals surface area contributed by atoms with Gasteiger partial charge in [-0.2, -0.15) is 0 Å². The highest BCUT2D eigenvalue weighted by molar-refractivity contribution is 7.98. The predicted octanol–water partition coefficient (Wildman–Crippen LogP) is 4.12. The first-order chi connectivity index (χ1) is 11.1. The highest BCUT2D eigenvalue weighted by Gasteiger charge is 2.08. The average Bonchev–Trinajstić information content (AvgIpc) is 2.56. The first kappa shape index (κ1) is 17.2. The van der Waals surface area contributed by atoms with E-state index < -0.39 is 0 Å². The molecule has 2 aromatic rings. The van der Waals surface area contributed by atoms with E-state index in [1.165, 1.54) is 10.5 Å². The molecule has 0 fully saturated rings. The van der Waals surface area contributed by atoms with Crippen LogP contribution in [0.2, 0.25) is 0 Å². The van der Waals surface area contributed by atoms with Crippen LogP contribution in [0.4, 0.5) is 10.5 Å². The topological polar surface area (TPSA) is 41.6 Å². The number of hydrogen-bond donors (Lipinski definition) is 1. The number of ether oxygens (including phenoxy) is 1. The van der Waals surface area contributed by atoms with Crippen molar-refractivity contribution in [2.24, 2.45) is 0 Å². The Hall–Kier alpha value is -2.14. The number of benzene rings is 2. The van der Waals surface area contributed by atoms with E-state index in [4.69, 9.17) is 4.74 Å². The second kappa shape index (κ2) is 8.48. The van der Waals surface area contributed by atoms with Gasteiger partial charge in [-0.05, 0) is 30.0 Å². The van der Waals surface area contributed by atoms with Crippen LogP contribution in [-0.4, -0.2) is 37.9 Å². The number of rotatable bonds is 6. The Morgan fingerprint density at radius 2 is 1.91 bits per heavy atom. The Kier molecular flexibility index (Phi) is 6.35. The number of amides is 2. The van der Waals surface area contributed by atoms with Gasteiger partial charge in [-0.15, -0.1) is 11.8 Å². The lowest BCUT2D eigenvalue weighted by atomic mass is 10.2. The van der Waals surface area contributed by atoms with Crippen molar-refractivity contribution in [2.45, 2.75) is 11.3 Å². The van der Waals surface area contributed by atoms with Crippen LogP contribution in [-0.2, 0) is 6.42 Å². The summed E-state index contributed by atoms with van der Waals surface area (Å²) in [4.78, 5) is 14.2. The van der Waals surface area contributed by atoms with Gasteiger partial charge >= 0.3 is 6.03 Å². The molecule has 23 heavy (non-hydrogen) atoms. The number of carbonyl (C=O) groups is 1. The van der Waals surface area contributed by atoms with Crippen molar-refractivity contribution in [3.8, 4) is 5.75 Å². The Balaban J connectivity index is 1.97. The first-order valence-electron chi connectivity index (χ1n) is 7.43. The Morgan fingerprint density at radius 1 is 1.17 bits per heavy atom. The number of thioether (sulfide) groups is 1. The minimum atomic E-state index is -0.144. The van der Waals surface area contributed by atoms with Gasteiger partial charge in [0.25, 0.3) is 0 Å². The number of anilines is 1. The first-order valence-corrected chi connectivity index (χ1v) is 8.65. The van der Waals surface area contributed by atoms with E-state index in [-0.39, 0.29) is 6.03 Å². The quantitative estimate of drug-likeness (QED) is 0.810. The average molecular weight is 330 g/mol. The van der Waals surface area contributed by atoms with Crippen LogP contribution in [0, 0.1) is 0 Å². The Labute approximate surface area is 141 Å². The van der Waals surface area contributed by atoms with E-state index in [1.807, 2.05) is 42.7 Å². The fraction of sp³-hybridized carbons (Fsp3) is 0.278. The van der Waals surface area contributed by atoms with Gasteiger partial charge in [0.1, 0.15) is 5.75 Å². The van der Waals surface area contributed by atoms with E-state index >= 15 is 0 Å². The predicted molar refractivity (Wildman–Crippen MR) is 96.6 cm³/mol. The van der Waals surface area contributed by atoms with Gasteiger partial charge in [0, 0.05) is 26.2 Å². The van der Waals surface area contributed by atoms with Gasteiger partial charge in [-0.1, -0.05) is 30.3 Å². The van der Waals surface area contributed by atoms with Crippen LogP contribution in [0.25, 0.3) is 0 Å². The second-order valence-corrected chi connectivity index (χ2v) is 6.12. The summed E-state index contributed by atoms with van der Waals surface area (Å²) in [5.74, 6) is 0.844. The van der Waals surface area contributed by atoms with Crippen LogP contribution in [0.15, 0.2) is 53.4 Å². The molecule has 2 amide bonds. The molecule has 4 nitrogen and oxygen atoms in total. The zero-order valence-corrected chi connectivity index (χ0v) is 14.5. The maximum absolute atomic E-state index is 11.7. The van der Waals surface area contributed by atoms with Gasteiger partial charge in [0.2, 0.25) is 0 Å². The molecular weight excluding hydrogens is 308 g/mol. The maximum atomic E-state index is 11.7. The maximum Gasteiger partial charge on any atom is 0.321 e. The zero-order chi connectivity index (χ0) is 16.7. The fourth-order valence-electron chi connectivity index (χ4n) is 2.02. The SMILES string of the molecule is CSc1cc(NC(=O)N(C)C)ccc1OCCc1ccccc1. The number of nitrogens with one attached hydrogen (secondary N) is 1. The molecule has 0 spiro atoms. The minimum absolute atomic E-state index is 0.144. The van der Waals surface area contributed by atoms with Crippen molar-refractivity contribution in [1.82, 2.24) is 4.90 Å². The summed E-state index contributed by atoms with van der Waals surface area (Å²) in [6.07, 6.45) is 2.87. The lowest BCUT2D eigenvalue weighted by molar-refractivity contribution is 0.230. The monoisotopic (exact) mass is 330 g/mol. The number of hydrogen-bond acceptors (Lipinski definition) is 3. The molecule has 0 aliphatic rings. The van der Waals surface area contributed by atoms with Crippen LogP contribution >= 0.6 is 11.8 Å². The third kappa shape index (κ3) is 5.21. The molecule has 0 aliphatic heterocycles. The van der Waals surface area contributed by atoms with E-state index in [0.29, 0.717) is 6.61 Å². The van der Waals surface area contributed by atoms with E-state index in [2.05, 4.69) is 17.4 Å². The lowest BCUT2D eigenvalue weighted by Crippen LogP contribution is -2.27. The summed E-state index contributed by atoms with van der Waals surface area (Å²) in [6.45, 7) is 0.626. The number of urea groups is 1. The molecule has 2 aromatic carbocycles. The van der Waals surface area contributed by atoms with Gasteiger partial charge in [-0.3, -0.25) is 0 Å². The molecule has 0 saturated carbocycles. The van der Waals surface area contributed by atoms with Crippen molar-refractivity contribution in [3.63, 3.8) is 0 Å². The molecule has 2 rings (SSSR count). The molecule has 0 aliphatic carbocycles. The van der Waals surface area contributed by atoms with E-state index in [1.54, 1.807) is 25.9 Å². The molecule has 122 valence electrons. The summed E-state index contributed by atoms with van der Waals surface area (Å²) >= 11 is 1.60. The molecular formula is C18H22N2O2S. The second-order valence-electron chi connectivity index (χ2n) is 5.27. The van der Waals surface area contributed by atoms with E-state index in [0.717, 1.165) is 22.8 Å². The third-order valence-corrected chi connectivity index (χ3v) is 4.07. The molecule has 0 radical (unpaired) electrons. The number of carbonyl (C=O) groups excluding carboxylic acids is 1. The van der Waals surface area contributed by atoms with Gasteiger partial charge in [0.15, 0.2) is 0 Å². The molecule has 0 unspecified atom stereocenters. The smallest absolute Gasteiger partial charge is 0.321 e. The van der Waals surface area contributed by atoms with E-state index in [9.17, 15) is 4.79 Å². The summed E-state index contributed by atoms with van der Waals surface area (Å²) in [5.41, 5.74) is 2.02. The standard InChI is InChI=1S/C18H22N2O2S/c1-20(2)18(21)19-15-9-10-16(17(13-15)23-3)22-12-11-14-7-5-4-6-8-14/h4-10,13H,11-12H2,1-3H3,(H,19,21). The van der Waals surface area contributed by atoms with Crippen LogP contribution in [0.1, 0.15) is 5.56 Å². The molecule has 0 atom stereocenters. The summed E-state index contributed by atoms with van der Waals surface area (Å²) in [5, 5.41) is 2.84. The Bertz CT molecular complexity index is 645. The summed E-state index contributed by atoms with van der Waals surface area (Å²) in [6, 6.07) is 15.8. The van der Waals surface area contributed by atoms with Crippen molar-refractivity contribution in [3.05, 3.63) is 54.1 Å². The summed E-state index contributed by atoms with van der Waals surface area (Å²) < 4.78 is 5.90. The zero-order valence-electron chi connectivity index (χ0n) is 13.7. The molecule has 0 heterocycles. The molecule has 0 saturated heterocycles. The summed E-state index contributed by atoms with van der Waals surface area (Å²) in [7, 11) is 3.43. The van der Waals surface area contributed by atoms with Gasteiger partial charge in [0.05, 0.1) is 11.5 Å². The normalized spacial score (nSPS) is 10.2. The molecule has 5 heteroatoms. The minimum Gasteiger partial charge on any atom is -0.492 e. The van der Waals surface area contributed by atoms with Crippen molar-refractivity contribution in [1.29, 1.82) is 0 Å². The van der Waals surface area contributed by atoms with Crippen molar-refractivity contribution < 1.29 is 9.53 Å².